The van der Waals surface area contributed by atoms with E-state index in [9.17, 15) is 4.79 Å². The molecule has 0 aromatic carbocycles. The molecule has 1 N–H and O–H groups in total. The standard InChI is InChI=1S/C10H8N2O2S/c1-6-4-15-5-8(6)9-11-2-7(3-12-9)10(13)14/h2-5H,1H3,(H,13,14). The first-order chi connectivity index (χ1) is 7.18. The Kier molecular flexibility index (Phi) is 2.47. The molecule has 0 unspecified atom stereocenters. The van der Waals surface area contributed by atoms with Gasteiger partial charge in [-0.05, 0) is 17.9 Å². The highest BCUT2D eigenvalue weighted by Crippen LogP contribution is 2.23. The van der Waals surface area contributed by atoms with E-state index in [1.165, 1.54) is 12.4 Å². The molecule has 2 rings (SSSR count). The highest BCUT2D eigenvalue weighted by atomic mass is 32.1. The number of thiophene rings is 1. The molecule has 0 amide bonds. The summed E-state index contributed by atoms with van der Waals surface area (Å²) in [5.41, 5.74) is 2.16. The zero-order chi connectivity index (χ0) is 10.8. The van der Waals surface area contributed by atoms with Crippen molar-refractivity contribution in [3.05, 3.63) is 34.3 Å². The monoisotopic (exact) mass is 220 g/mol. The molecule has 5 heteroatoms. The van der Waals surface area contributed by atoms with E-state index in [1.807, 2.05) is 17.7 Å². The Morgan fingerprint density at radius 1 is 1.33 bits per heavy atom. The Morgan fingerprint density at radius 2 is 2.00 bits per heavy atom. The van der Waals surface area contributed by atoms with E-state index in [2.05, 4.69) is 9.97 Å². The molecule has 0 atom stereocenters. The van der Waals surface area contributed by atoms with Gasteiger partial charge >= 0.3 is 5.97 Å². The molecule has 15 heavy (non-hydrogen) atoms. The van der Waals surface area contributed by atoms with E-state index in [4.69, 9.17) is 5.11 Å². The molecule has 2 aromatic heterocycles. The number of carbonyl (C=O) groups is 1. The predicted molar refractivity (Wildman–Crippen MR) is 57.0 cm³/mol. The second-order valence-electron chi connectivity index (χ2n) is 3.07. The quantitative estimate of drug-likeness (QED) is 0.842. The van der Waals surface area contributed by atoms with E-state index in [1.54, 1.807) is 11.3 Å². The van der Waals surface area contributed by atoms with Crippen LogP contribution in [0.5, 0.6) is 0 Å². The third-order valence-corrected chi connectivity index (χ3v) is 2.86. The first kappa shape index (κ1) is 9.79. The van der Waals surface area contributed by atoms with Crippen molar-refractivity contribution in [2.45, 2.75) is 6.92 Å². The fourth-order valence-corrected chi connectivity index (χ4v) is 1.99. The van der Waals surface area contributed by atoms with Gasteiger partial charge in [-0.25, -0.2) is 14.8 Å². The summed E-state index contributed by atoms with van der Waals surface area (Å²) < 4.78 is 0. The third kappa shape index (κ3) is 1.87. The summed E-state index contributed by atoms with van der Waals surface area (Å²) in [6, 6.07) is 0. The Hall–Kier alpha value is -1.75. The molecule has 2 aromatic rings. The van der Waals surface area contributed by atoms with Crippen LogP contribution in [0.15, 0.2) is 23.2 Å². The van der Waals surface area contributed by atoms with Crippen molar-refractivity contribution in [3.8, 4) is 11.4 Å². The molecule has 2 heterocycles. The number of nitrogens with zero attached hydrogens (tertiary/aromatic N) is 2. The molecule has 76 valence electrons. The Balaban J connectivity index is 2.40. The third-order valence-electron chi connectivity index (χ3n) is 2.00. The number of hydrogen-bond acceptors (Lipinski definition) is 4. The number of hydrogen-bond donors (Lipinski definition) is 1. The molecule has 0 radical (unpaired) electrons. The lowest BCUT2D eigenvalue weighted by Crippen LogP contribution is -1.99. The smallest absolute Gasteiger partial charge is 0.338 e. The van der Waals surface area contributed by atoms with Gasteiger partial charge in [0.05, 0.1) is 5.56 Å². The summed E-state index contributed by atoms with van der Waals surface area (Å²) in [4.78, 5) is 18.6. The van der Waals surface area contributed by atoms with Crippen LogP contribution in [0.3, 0.4) is 0 Å². The van der Waals surface area contributed by atoms with Gasteiger partial charge in [0, 0.05) is 23.3 Å². The minimum atomic E-state index is -1.01. The van der Waals surface area contributed by atoms with Crippen molar-refractivity contribution in [1.29, 1.82) is 0 Å². The second-order valence-corrected chi connectivity index (χ2v) is 3.81. The van der Waals surface area contributed by atoms with Crippen molar-refractivity contribution in [1.82, 2.24) is 9.97 Å². The molecular formula is C10H8N2O2S. The van der Waals surface area contributed by atoms with Gasteiger partial charge in [0.1, 0.15) is 0 Å². The van der Waals surface area contributed by atoms with Gasteiger partial charge < -0.3 is 5.11 Å². The number of aryl methyl sites for hydroxylation is 1. The number of rotatable bonds is 2. The normalized spacial score (nSPS) is 10.2. The Labute approximate surface area is 90.3 Å². The van der Waals surface area contributed by atoms with Gasteiger partial charge in [0.15, 0.2) is 5.82 Å². The Bertz CT molecular complexity index is 490. The van der Waals surface area contributed by atoms with E-state index < -0.39 is 5.97 Å². The van der Waals surface area contributed by atoms with Crippen LogP contribution in [0, 0.1) is 6.92 Å². The lowest BCUT2D eigenvalue weighted by Gasteiger charge is -1.98. The minimum absolute atomic E-state index is 0.103. The summed E-state index contributed by atoms with van der Waals surface area (Å²) in [7, 11) is 0. The number of aromatic nitrogens is 2. The topological polar surface area (TPSA) is 63.1 Å². The average molecular weight is 220 g/mol. The lowest BCUT2D eigenvalue weighted by molar-refractivity contribution is 0.0696. The maximum Gasteiger partial charge on any atom is 0.338 e. The first-order valence-corrected chi connectivity index (χ1v) is 5.21. The average Bonchev–Trinajstić information content (AvgIpc) is 2.65. The zero-order valence-corrected chi connectivity index (χ0v) is 8.78. The van der Waals surface area contributed by atoms with E-state index in [0.29, 0.717) is 5.82 Å². The number of carboxylic acid groups (broad SMARTS) is 1. The molecule has 0 bridgehead atoms. The first-order valence-electron chi connectivity index (χ1n) is 4.27. The van der Waals surface area contributed by atoms with Gasteiger partial charge in [-0.3, -0.25) is 0 Å². The number of aromatic carboxylic acids is 1. The van der Waals surface area contributed by atoms with Crippen molar-refractivity contribution < 1.29 is 9.90 Å². The zero-order valence-electron chi connectivity index (χ0n) is 7.97. The lowest BCUT2D eigenvalue weighted by atomic mass is 10.2. The second kappa shape index (κ2) is 3.78. The molecule has 0 aliphatic carbocycles. The Morgan fingerprint density at radius 3 is 2.47 bits per heavy atom. The van der Waals surface area contributed by atoms with E-state index >= 15 is 0 Å². The van der Waals surface area contributed by atoms with Crippen molar-refractivity contribution in [3.63, 3.8) is 0 Å². The fourth-order valence-electron chi connectivity index (χ4n) is 1.17. The molecule has 0 aliphatic rings. The van der Waals surface area contributed by atoms with Crippen LogP contribution >= 0.6 is 11.3 Å². The van der Waals surface area contributed by atoms with Crippen LogP contribution in [-0.2, 0) is 0 Å². The summed E-state index contributed by atoms with van der Waals surface area (Å²) in [5, 5.41) is 12.6. The van der Waals surface area contributed by atoms with Crippen LogP contribution in [0.1, 0.15) is 15.9 Å². The maximum absolute atomic E-state index is 10.6. The van der Waals surface area contributed by atoms with E-state index in [-0.39, 0.29) is 5.56 Å². The van der Waals surface area contributed by atoms with Gasteiger partial charge in [-0.1, -0.05) is 0 Å². The SMILES string of the molecule is Cc1cscc1-c1ncc(C(=O)O)cn1. The summed E-state index contributed by atoms with van der Waals surface area (Å²) in [5.74, 6) is -0.442. The predicted octanol–water partition coefficient (Wildman–Crippen LogP) is 2.21. The molecule has 0 fully saturated rings. The van der Waals surface area contributed by atoms with Gasteiger partial charge in [-0.15, -0.1) is 0 Å². The van der Waals surface area contributed by atoms with Crippen LogP contribution in [-0.4, -0.2) is 21.0 Å². The summed E-state index contributed by atoms with van der Waals surface area (Å²) in [6.07, 6.45) is 2.64. The van der Waals surface area contributed by atoms with Crippen LogP contribution < -0.4 is 0 Å². The summed E-state index contributed by atoms with van der Waals surface area (Å²) >= 11 is 1.58. The van der Waals surface area contributed by atoms with Gasteiger partial charge in [0.2, 0.25) is 0 Å². The van der Waals surface area contributed by atoms with Crippen molar-refractivity contribution >= 4 is 17.3 Å². The highest BCUT2D eigenvalue weighted by molar-refractivity contribution is 7.08. The highest BCUT2D eigenvalue weighted by Gasteiger charge is 2.08. The molecule has 0 aliphatic heterocycles. The van der Waals surface area contributed by atoms with Crippen molar-refractivity contribution in [2.24, 2.45) is 0 Å². The fraction of sp³-hybridized carbons (Fsp3) is 0.100. The summed E-state index contributed by atoms with van der Waals surface area (Å²) in [6.45, 7) is 1.97. The van der Waals surface area contributed by atoms with Crippen LogP contribution in [0.25, 0.3) is 11.4 Å². The minimum Gasteiger partial charge on any atom is -0.478 e. The molecule has 0 saturated carbocycles. The largest absolute Gasteiger partial charge is 0.478 e. The molecular weight excluding hydrogens is 212 g/mol. The molecule has 0 saturated heterocycles. The van der Waals surface area contributed by atoms with Gasteiger partial charge in [-0.2, -0.15) is 11.3 Å². The van der Waals surface area contributed by atoms with Crippen LogP contribution in [0.2, 0.25) is 0 Å². The van der Waals surface area contributed by atoms with Crippen molar-refractivity contribution in [2.75, 3.05) is 0 Å². The number of carboxylic acids is 1. The maximum atomic E-state index is 10.6. The van der Waals surface area contributed by atoms with Crippen LogP contribution in [0.4, 0.5) is 0 Å². The van der Waals surface area contributed by atoms with E-state index in [0.717, 1.165) is 11.1 Å². The molecule has 0 spiro atoms. The van der Waals surface area contributed by atoms with Gasteiger partial charge in [0.25, 0.3) is 0 Å². The molecule has 4 nitrogen and oxygen atoms in total.